The van der Waals surface area contributed by atoms with Gasteiger partial charge >= 0.3 is 5.97 Å². The molecule has 0 heterocycles. The van der Waals surface area contributed by atoms with Crippen molar-refractivity contribution in [3.63, 3.8) is 0 Å². The molecule has 0 bridgehead atoms. The van der Waals surface area contributed by atoms with Crippen LogP contribution >= 0.6 is 11.6 Å². The predicted octanol–water partition coefficient (Wildman–Crippen LogP) is 2.71. The maximum Gasteiger partial charge on any atom is 0.310 e. The van der Waals surface area contributed by atoms with E-state index in [1.807, 2.05) is 12.1 Å². The Morgan fingerprint density at radius 1 is 1.19 bits per heavy atom. The molecule has 4 heteroatoms. The van der Waals surface area contributed by atoms with Crippen LogP contribution in [0, 0.1) is 0 Å². The molecule has 1 aromatic rings. The number of rotatable bonds is 6. The van der Waals surface area contributed by atoms with Gasteiger partial charge in [-0.3, -0.25) is 9.59 Å². The third-order valence-corrected chi connectivity index (χ3v) is 2.43. The minimum atomic E-state index is -1.06. The summed E-state index contributed by atoms with van der Waals surface area (Å²) in [6, 6.07) is 7.42. The van der Waals surface area contributed by atoms with Crippen LogP contribution in [0.3, 0.4) is 0 Å². The Hall–Kier alpha value is -1.35. The Labute approximate surface area is 99.0 Å². The maximum atomic E-state index is 11.1. The summed E-state index contributed by atoms with van der Waals surface area (Å²) in [6.45, 7) is 0. The fourth-order valence-corrected chi connectivity index (χ4v) is 1.52. The molecule has 0 aliphatic heterocycles. The zero-order valence-electron chi connectivity index (χ0n) is 8.78. The van der Waals surface area contributed by atoms with Crippen LogP contribution in [0.5, 0.6) is 0 Å². The van der Waals surface area contributed by atoms with Crippen molar-refractivity contribution in [2.24, 2.45) is 0 Å². The third-order valence-electron chi connectivity index (χ3n) is 2.18. The average molecular weight is 241 g/mol. The van der Waals surface area contributed by atoms with Crippen molar-refractivity contribution in [3.05, 3.63) is 34.9 Å². The Morgan fingerprint density at radius 2 is 1.81 bits per heavy atom. The quantitative estimate of drug-likeness (QED) is 0.778. The zero-order chi connectivity index (χ0) is 12.0. The fourth-order valence-electron chi connectivity index (χ4n) is 1.40. The van der Waals surface area contributed by atoms with Gasteiger partial charge in [0.15, 0.2) is 0 Å². The van der Waals surface area contributed by atoms with E-state index in [2.05, 4.69) is 0 Å². The van der Waals surface area contributed by atoms with Crippen LogP contribution in [0.15, 0.2) is 24.3 Å². The highest BCUT2D eigenvalue weighted by molar-refractivity contribution is 6.30. The molecule has 0 aliphatic rings. The zero-order valence-corrected chi connectivity index (χ0v) is 9.54. The second kappa shape index (κ2) is 6.28. The second-order valence-corrected chi connectivity index (χ2v) is 4.03. The number of benzene rings is 1. The molecule has 0 amide bonds. The molecule has 0 unspecified atom stereocenters. The highest BCUT2D eigenvalue weighted by Gasteiger charge is 2.07. The van der Waals surface area contributed by atoms with Crippen LogP contribution in [0.2, 0.25) is 5.02 Å². The van der Waals surface area contributed by atoms with E-state index in [0.717, 1.165) is 12.0 Å². The molecular weight excluding hydrogens is 228 g/mol. The van der Waals surface area contributed by atoms with E-state index in [-0.39, 0.29) is 12.2 Å². The van der Waals surface area contributed by atoms with Gasteiger partial charge in [-0.15, -0.1) is 0 Å². The van der Waals surface area contributed by atoms with Gasteiger partial charge in [0.1, 0.15) is 12.2 Å². The van der Waals surface area contributed by atoms with E-state index >= 15 is 0 Å². The summed E-state index contributed by atoms with van der Waals surface area (Å²) in [4.78, 5) is 21.3. The Bertz CT molecular complexity index is 370. The van der Waals surface area contributed by atoms with Gasteiger partial charge in [0.2, 0.25) is 0 Å². The van der Waals surface area contributed by atoms with Crippen LogP contribution in [0.1, 0.15) is 24.8 Å². The molecule has 0 fully saturated rings. The van der Waals surface area contributed by atoms with Gasteiger partial charge in [0, 0.05) is 11.4 Å². The fraction of sp³-hybridized carbons (Fsp3) is 0.333. The average Bonchev–Trinajstić information content (AvgIpc) is 2.20. The van der Waals surface area contributed by atoms with Crippen LogP contribution in [0.25, 0.3) is 0 Å². The topological polar surface area (TPSA) is 54.4 Å². The summed E-state index contributed by atoms with van der Waals surface area (Å²) in [6.07, 6.45) is 1.38. The van der Waals surface area contributed by atoms with Crippen molar-refractivity contribution in [1.82, 2.24) is 0 Å². The monoisotopic (exact) mass is 240 g/mol. The Morgan fingerprint density at radius 3 is 2.38 bits per heavy atom. The van der Waals surface area contributed by atoms with Crippen molar-refractivity contribution in [3.8, 4) is 0 Å². The first-order valence-electron chi connectivity index (χ1n) is 5.06. The number of carbonyl (C=O) groups excluding carboxylic acids is 1. The summed E-state index contributed by atoms with van der Waals surface area (Å²) in [7, 11) is 0. The molecule has 16 heavy (non-hydrogen) atoms. The third kappa shape index (κ3) is 4.94. The molecule has 0 aromatic heterocycles. The van der Waals surface area contributed by atoms with Crippen molar-refractivity contribution in [2.75, 3.05) is 0 Å². The standard InChI is InChI=1S/C12H13ClO3/c13-10-6-4-9(5-7-10)2-1-3-11(14)8-12(15)16/h4-7H,1-3,8H2,(H,15,16). The number of hydrogen-bond donors (Lipinski definition) is 1. The molecule has 1 N–H and O–H groups in total. The van der Waals surface area contributed by atoms with Crippen LogP contribution in [0.4, 0.5) is 0 Å². The lowest BCUT2D eigenvalue weighted by atomic mass is 10.1. The first kappa shape index (κ1) is 12.7. The number of Topliss-reactive ketones (excluding diaryl/α,β-unsaturated/α-hetero) is 1. The minimum Gasteiger partial charge on any atom is -0.481 e. The molecule has 1 rings (SSSR count). The van der Waals surface area contributed by atoms with E-state index in [1.54, 1.807) is 12.1 Å². The largest absolute Gasteiger partial charge is 0.481 e. The number of carboxylic acid groups (broad SMARTS) is 1. The normalized spacial score (nSPS) is 10.1. The van der Waals surface area contributed by atoms with E-state index < -0.39 is 5.97 Å². The van der Waals surface area contributed by atoms with Crippen LogP contribution in [-0.2, 0) is 16.0 Å². The maximum absolute atomic E-state index is 11.1. The summed E-state index contributed by atoms with van der Waals surface area (Å²) < 4.78 is 0. The molecule has 3 nitrogen and oxygen atoms in total. The number of ketones is 1. The van der Waals surface area contributed by atoms with E-state index in [9.17, 15) is 9.59 Å². The number of halogens is 1. The Kier molecular flexibility index (Phi) is 4.99. The molecule has 86 valence electrons. The summed E-state index contributed by atoms with van der Waals surface area (Å²) in [5, 5.41) is 9.08. The lowest BCUT2D eigenvalue weighted by Crippen LogP contribution is -2.06. The minimum absolute atomic E-state index is 0.221. The first-order valence-corrected chi connectivity index (χ1v) is 5.43. The highest BCUT2D eigenvalue weighted by atomic mass is 35.5. The van der Waals surface area contributed by atoms with Gasteiger partial charge in [-0.1, -0.05) is 23.7 Å². The van der Waals surface area contributed by atoms with E-state index in [4.69, 9.17) is 16.7 Å². The number of aryl methyl sites for hydroxylation is 1. The van der Waals surface area contributed by atoms with Crippen molar-refractivity contribution >= 4 is 23.4 Å². The van der Waals surface area contributed by atoms with Gasteiger partial charge in [-0.05, 0) is 30.5 Å². The van der Waals surface area contributed by atoms with Crippen molar-refractivity contribution in [1.29, 1.82) is 0 Å². The van der Waals surface area contributed by atoms with Crippen molar-refractivity contribution < 1.29 is 14.7 Å². The SMILES string of the molecule is O=C(O)CC(=O)CCCc1ccc(Cl)cc1. The molecule has 0 spiro atoms. The lowest BCUT2D eigenvalue weighted by molar-refractivity contribution is -0.140. The van der Waals surface area contributed by atoms with Crippen LogP contribution < -0.4 is 0 Å². The molecule has 0 aliphatic carbocycles. The number of hydrogen-bond acceptors (Lipinski definition) is 2. The van der Waals surface area contributed by atoms with Gasteiger partial charge in [0.25, 0.3) is 0 Å². The van der Waals surface area contributed by atoms with Gasteiger partial charge < -0.3 is 5.11 Å². The molecule has 0 saturated carbocycles. The number of carboxylic acids is 1. The molecule has 0 atom stereocenters. The number of aliphatic carboxylic acids is 1. The Balaban J connectivity index is 2.28. The lowest BCUT2D eigenvalue weighted by Gasteiger charge is -2.00. The molecular formula is C12H13ClO3. The molecule has 0 radical (unpaired) electrons. The first-order chi connectivity index (χ1) is 7.58. The second-order valence-electron chi connectivity index (χ2n) is 3.59. The van der Waals surface area contributed by atoms with Gasteiger partial charge in [-0.25, -0.2) is 0 Å². The van der Waals surface area contributed by atoms with E-state index in [1.165, 1.54) is 0 Å². The molecule has 1 aromatic carbocycles. The summed E-state index contributed by atoms with van der Waals surface area (Å²) in [5.41, 5.74) is 1.10. The van der Waals surface area contributed by atoms with Gasteiger partial charge in [-0.2, -0.15) is 0 Å². The van der Waals surface area contributed by atoms with E-state index in [0.29, 0.717) is 17.9 Å². The summed E-state index contributed by atoms with van der Waals surface area (Å²) in [5.74, 6) is -1.28. The smallest absolute Gasteiger partial charge is 0.310 e. The van der Waals surface area contributed by atoms with Gasteiger partial charge in [0.05, 0.1) is 0 Å². The van der Waals surface area contributed by atoms with Crippen molar-refractivity contribution in [2.45, 2.75) is 25.7 Å². The number of carbonyl (C=O) groups is 2. The van der Waals surface area contributed by atoms with Crippen LogP contribution in [-0.4, -0.2) is 16.9 Å². The highest BCUT2D eigenvalue weighted by Crippen LogP contribution is 2.11. The predicted molar refractivity (Wildman–Crippen MR) is 61.6 cm³/mol. The molecule has 0 saturated heterocycles. The summed E-state index contributed by atoms with van der Waals surface area (Å²) >= 11 is 5.73.